The molecule has 1 rings (SSSR count). The van der Waals surface area contributed by atoms with Gasteiger partial charge in [-0.2, -0.15) is 0 Å². The molecule has 0 N–H and O–H groups in total. The fourth-order valence-electron chi connectivity index (χ4n) is 0.626. The Bertz CT molecular complexity index is 268. The molecule has 0 radical (unpaired) electrons. The predicted molar refractivity (Wildman–Crippen MR) is 42.7 cm³/mol. The molecule has 0 unspecified atom stereocenters. The van der Waals surface area contributed by atoms with E-state index in [4.69, 9.17) is 29.6 Å². The van der Waals surface area contributed by atoms with E-state index in [9.17, 15) is 0 Å². The average molecular weight is 234 g/mol. The monoisotopic (exact) mass is 232 g/mol. The van der Waals surface area contributed by atoms with Crippen molar-refractivity contribution in [2.24, 2.45) is 0 Å². The topological polar surface area (TPSA) is 0 Å². The molecule has 0 aliphatic carbocycles. The Balaban J connectivity index is 0.000001000. The molecule has 0 fully saturated rings. The molecular formula is C8H3Cl2Cu. The Labute approximate surface area is 86.4 Å². The smallest absolute Gasteiger partial charge is 0.366 e. The average Bonchev–Trinajstić information content (AvgIpc) is 1.85. The van der Waals surface area contributed by atoms with Gasteiger partial charge in [0.15, 0.2) is 0 Å². The second-order valence-electron chi connectivity index (χ2n) is 1.78. The number of hydrogen-bond donors (Lipinski definition) is 0. The van der Waals surface area contributed by atoms with Crippen molar-refractivity contribution in [3.63, 3.8) is 0 Å². The minimum absolute atomic E-state index is 0. The van der Waals surface area contributed by atoms with Crippen molar-refractivity contribution in [2.75, 3.05) is 0 Å². The van der Waals surface area contributed by atoms with Gasteiger partial charge in [-0.3, -0.25) is 5.92 Å². The normalized spacial score (nSPS) is 8.09. The van der Waals surface area contributed by atoms with E-state index in [1.165, 1.54) is 0 Å². The maximum atomic E-state index is 6.77. The minimum atomic E-state index is 0. The van der Waals surface area contributed by atoms with Crippen molar-refractivity contribution in [2.45, 2.75) is 0 Å². The van der Waals surface area contributed by atoms with Gasteiger partial charge in [-0.25, -0.2) is 0 Å². The summed E-state index contributed by atoms with van der Waals surface area (Å²) >= 11 is 11.2. The van der Waals surface area contributed by atoms with Crippen molar-refractivity contribution in [3.8, 4) is 5.92 Å². The fourth-order valence-corrected chi connectivity index (χ4v) is 1.15. The predicted octanol–water partition coefficient (Wildman–Crippen LogP) is 2.93. The summed E-state index contributed by atoms with van der Waals surface area (Å²) in [5.41, 5.74) is 0.595. The molecule has 60 valence electrons. The van der Waals surface area contributed by atoms with E-state index < -0.39 is 0 Å². The van der Waals surface area contributed by atoms with Gasteiger partial charge < -0.3 is 6.42 Å². The zero-order chi connectivity index (χ0) is 7.56. The van der Waals surface area contributed by atoms with E-state index in [-0.39, 0.29) is 17.1 Å². The summed E-state index contributed by atoms with van der Waals surface area (Å²) in [5, 5.41) is 1.06. The van der Waals surface area contributed by atoms with Gasteiger partial charge >= 0.3 is 17.1 Å². The van der Waals surface area contributed by atoms with Gasteiger partial charge in [0.2, 0.25) is 0 Å². The van der Waals surface area contributed by atoms with Crippen LogP contribution >= 0.6 is 23.2 Å². The molecule has 0 nitrogen and oxygen atoms in total. The fraction of sp³-hybridized carbons (Fsp3) is 0. The van der Waals surface area contributed by atoms with Crippen LogP contribution in [0.2, 0.25) is 10.0 Å². The summed E-state index contributed by atoms with van der Waals surface area (Å²) in [6.07, 6.45) is 6.77. The SMILES string of the molecule is [C-]#Cc1cc(Cl)cc(Cl)c1.[Cu+]. The quantitative estimate of drug-likeness (QED) is 0.367. The van der Waals surface area contributed by atoms with Crippen LogP contribution in [0, 0.1) is 12.3 Å². The van der Waals surface area contributed by atoms with Crippen LogP contribution in [0.3, 0.4) is 0 Å². The molecule has 1 aromatic carbocycles. The number of benzene rings is 1. The van der Waals surface area contributed by atoms with E-state index in [0.29, 0.717) is 15.6 Å². The van der Waals surface area contributed by atoms with Crippen molar-refractivity contribution >= 4 is 23.2 Å². The third kappa shape index (κ3) is 3.18. The van der Waals surface area contributed by atoms with Crippen LogP contribution in [0.4, 0.5) is 0 Å². The van der Waals surface area contributed by atoms with Crippen molar-refractivity contribution < 1.29 is 17.1 Å². The van der Waals surface area contributed by atoms with Gasteiger partial charge in [-0.05, 0) is 6.07 Å². The molecule has 0 saturated heterocycles. The standard InChI is InChI=1S/C8H3Cl2.Cu/c1-2-6-3-7(9)5-8(10)4-6;/h3-5H;/q-1;+1. The molecule has 3 heteroatoms. The van der Waals surface area contributed by atoms with Crippen LogP contribution in [0.5, 0.6) is 0 Å². The van der Waals surface area contributed by atoms with Gasteiger partial charge in [0, 0.05) is 10.0 Å². The Kier molecular flexibility index (Phi) is 4.64. The van der Waals surface area contributed by atoms with Gasteiger partial charge in [0.25, 0.3) is 0 Å². The molecule has 0 heterocycles. The van der Waals surface area contributed by atoms with E-state index in [2.05, 4.69) is 5.92 Å². The van der Waals surface area contributed by atoms with Crippen molar-refractivity contribution in [1.29, 1.82) is 0 Å². The Hall–Kier alpha value is -0.121. The maximum Gasteiger partial charge on any atom is 1.00 e. The molecule has 0 spiro atoms. The van der Waals surface area contributed by atoms with E-state index in [1.54, 1.807) is 18.2 Å². The van der Waals surface area contributed by atoms with Crippen LogP contribution < -0.4 is 0 Å². The van der Waals surface area contributed by atoms with E-state index in [1.807, 2.05) is 0 Å². The van der Waals surface area contributed by atoms with Crippen LogP contribution in [-0.4, -0.2) is 0 Å². The van der Waals surface area contributed by atoms with Gasteiger partial charge in [0.1, 0.15) is 0 Å². The summed E-state index contributed by atoms with van der Waals surface area (Å²) in [4.78, 5) is 0. The third-order valence-electron chi connectivity index (χ3n) is 1.01. The molecule has 0 saturated carbocycles. The molecule has 1 aromatic rings. The second kappa shape index (κ2) is 4.70. The number of hydrogen-bond acceptors (Lipinski definition) is 0. The third-order valence-corrected chi connectivity index (χ3v) is 1.44. The molecule has 0 atom stereocenters. The van der Waals surface area contributed by atoms with Crippen LogP contribution in [0.25, 0.3) is 0 Å². The Morgan fingerprint density at radius 2 is 1.55 bits per heavy atom. The molecular weight excluding hydrogens is 231 g/mol. The Morgan fingerprint density at radius 3 is 1.91 bits per heavy atom. The van der Waals surface area contributed by atoms with Gasteiger partial charge in [-0.15, -0.1) is 17.7 Å². The summed E-state index contributed by atoms with van der Waals surface area (Å²) in [5.74, 6) is 2.19. The summed E-state index contributed by atoms with van der Waals surface area (Å²) in [6.45, 7) is 0. The first-order chi connectivity index (χ1) is 4.72. The second-order valence-corrected chi connectivity index (χ2v) is 2.66. The van der Waals surface area contributed by atoms with Gasteiger partial charge in [0.05, 0.1) is 0 Å². The molecule has 11 heavy (non-hydrogen) atoms. The van der Waals surface area contributed by atoms with Gasteiger partial charge in [-0.1, -0.05) is 23.2 Å². The van der Waals surface area contributed by atoms with Crippen LogP contribution in [0.1, 0.15) is 5.56 Å². The Morgan fingerprint density at radius 1 is 1.09 bits per heavy atom. The maximum absolute atomic E-state index is 6.77. The zero-order valence-electron chi connectivity index (χ0n) is 5.29. The first-order valence-corrected chi connectivity index (χ1v) is 3.37. The largest absolute Gasteiger partial charge is 1.00 e. The molecule has 0 amide bonds. The minimum Gasteiger partial charge on any atom is -0.366 e. The summed E-state index contributed by atoms with van der Waals surface area (Å²) in [7, 11) is 0. The van der Waals surface area contributed by atoms with Crippen LogP contribution in [-0.2, 0) is 17.1 Å². The number of halogens is 2. The number of rotatable bonds is 0. The van der Waals surface area contributed by atoms with Crippen molar-refractivity contribution in [3.05, 3.63) is 40.2 Å². The van der Waals surface area contributed by atoms with Crippen molar-refractivity contribution in [1.82, 2.24) is 0 Å². The molecule has 0 aliphatic rings. The molecule has 0 bridgehead atoms. The summed E-state index contributed by atoms with van der Waals surface area (Å²) in [6, 6.07) is 4.87. The van der Waals surface area contributed by atoms with Crippen LogP contribution in [0.15, 0.2) is 18.2 Å². The van der Waals surface area contributed by atoms with E-state index in [0.717, 1.165) is 0 Å². The first-order valence-electron chi connectivity index (χ1n) is 2.61. The first kappa shape index (κ1) is 10.9. The van der Waals surface area contributed by atoms with E-state index >= 15 is 0 Å². The molecule has 0 aliphatic heterocycles. The summed E-state index contributed by atoms with van der Waals surface area (Å²) < 4.78 is 0. The zero-order valence-corrected chi connectivity index (χ0v) is 7.74. The molecule has 0 aromatic heterocycles.